The number of H-pyrrole nitrogens is 1. The molecule has 5 rings (SSSR count). The molecule has 3 amide bonds. The van der Waals surface area contributed by atoms with Gasteiger partial charge in [0.15, 0.2) is 0 Å². The van der Waals surface area contributed by atoms with Crippen molar-refractivity contribution >= 4 is 28.8 Å². The molecule has 0 aliphatic carbocycles. The lowest BCUT2D eigenvalue weighted by atomic mass is 9.94. The van der Waals surface area contributed by atoms with E-state index >= 15 is 0 Å². The number of hydrogen-bond donors (Lipinski definition) is 3. The monoisotopic (exact) mass is 643 g/mol. The highest BCUT2D eigenvalue weighted by Crippen LogP contribution is 2.26. The van der Waals surface area contributed by atoms with Gasteiger partial charge in [-0.25, -0.2) is 4.79 Å². The number of carboxylic acid groups (broad SMARTS) is 1. The third kappa shape index (κ3) is 8.79. The first-order valence-corrected chi connectivity index (χ1v) is 17.0. The molecule has 0 aliphatic rings. The lowest BCUT2D eigenvalue weighted by Crippen LogP contribution is -2.48. The molecule has 4 aromatic carbocycles. The van der Waals surface area contributed by atoms with Gasteiger partial charge in [0, 0.05) is 29.6 Å². The molecule has 5 aromatic rings. The number of carboxylic acids is 1. The molecule has 7 nitrogen and oxygen atoms in total. The number of benzene rings is 4. The fourth-order valence-electron chi connectivity index (χ4n) is 6.40. The number of rotatable bonds is 15. The van der Waals surface area contributed by atoms with Crippen LogP contribution in [-0.2, 0) is 28.9 Å². The number of aromatic amines is 1. The number of aliphatic carboxylic acids is 1. The lowest BCUT2D eigenvalue weighted by molar-refractivity contribution is -0.143. The molecule has 0 aliphatic heterocycles. The van der Waals surface area contributed by atoms with E-state index in [1.165, 1.54) is 16.0 Å². The Balaban J connectivity index is 1.23. The van der Waals surface area contributed by atoms with Crippen LogP contribution in [0.1, 0.15) is 67.8 Å². The zero-order valence-corrected chi connectivity index (χ0v) is 27.8. The average molecular weight is 644 g/mol. The van der Waals surface area contributed by atoms with Crippen LogP contribution in [-0.4, -0.2) is 39.4 Å². The first-order valence-electron chi connectivity index (χ1n) is 17.0. The predicted molar refractivity (Wildman–Crippen MR) is 192 cm³/mol. The van der Waals surface area contributed by atoms with E-state index in [0.29, 0.717) is 25.7 Å². The van der Waals surface area contributed by atoms with Crippen molar-refractivity contribution in [1.82, 2.24) is 15.2 Å². The van der Waals surface area contributed by atoms with Gasteiger partial charge in [0.25, 0.3) is 0 Å². The number of carbonyl (C=O) groups is 3. The van der Waals surface area contributed by atoms with Crippen molar-refractivity contribution in [2.24, 2.45) is 5.92 Å². The Morgan fingerprint density at radius 2 is 1.42 bits per heavy atom. The molecule has 3 N–H and O–H groups in total. The number of fused-ring (bicyclic) bond motifs is 1. The third-order valence-electron chi connectivity index (χ3n) is 8.99. The zero-order chi connectivity index (χ0) is 33.9. The maximum atomic E-state index is 13.8. The second kappa shape index (κ2) is 16.6. The normalized spacial score (nSPS) is 12.4. The molecule has 0 saturated carbocycles. The lowest BCUT2D eigenvalue weighted by Gasteiger charge is -2.27. The summed E-state index contributed by atoms with van der Waals surface area (Å²) < 4.78 is 0. The van der Waals surface area contributed by atoms with Gasteiger partial charge in [-0.05, 0) is 78.5 Å². The van der Waals surface area contributed by atoms with Crippen molar-refractivity contribution < 1.29 is 19.5 Å². The van der Waals surface area contributed by atoms with Crippen LogP contribution in [0.3, 0.4) is 0 Å². The molecule has 2 atom stereocenters. The summed E-state index contributed by atoms with van der Waals surface area (Å²) in [5.41, 5.74) is 7.75. The average Bonchev–Trinajstić information content (AvgIpc) is 3.51. The number of hydrogen-bond acceptors (Lipinski definition) is 3. The SMILES string of the molecule is CCCc1ccc(-c2ccc(CCCC(CC(=O)O)C(=O)N(CC)C(=O)NC(Cc3c[nH]c4ccccc34)c3ccccc3)cc2)cc1. The minimum absolute atomic E-state index is 0.135. The highest BCUT2D eigenvalue weighted by molar-refractivity contribution is 5.97. The van der Waals surface area contributed by atoms with E-state index in [4.69, 9.17) is 0 Å². The summed E-state index contributed by atoms with van der Waals surface area (Å²) in [7, 11) is 0. The molecule has 0 saturated heterocycles. The van der Waals surface area contributed by atoms with Gasteiger partial charge in [-0.2, -0.15) is 0 Å². The van der Waals surface area contributed by atoms with E-state index in [-0.39, 0.29) is 13.0 Å². The number of amides is 3. The first-order chi connectivity index (χ1) is 23.4. The molecule has 48 heavy (non-hydrogen) atoms. The van der Waals surface area contributed by atoms with Crippen LogP contribution in [0.15, 0.2) is 109 Å². The second-order valence-electron chi connectivity index (χ2n) is 12.4. The summed E-state index contributed by atoms with van der Waals surface area (Å²) in [6, 6.07) is 33.8. The van der Waals surface area contributed by atoms with Gasteiger partial charge in [0.2, 0.25) is 5.91 Å². The summed E-state index contributed by atoms with van der Waals surface area (Å²) in [5, 5.41) is 13.8. The largest absolute Gasteiger partial charge is 0.481 e. The van der Waals surface area contributed by atoms with Crippen molar-refractivity contribution in [2.75, 3.05) is 6.54 Å². The van der Waals surface area contributed by atoms with Gasteiger partial charge in [-0.3, -0.25) is 14.5 Å². The van der Waals surface area contributed by atoms with E-state index in [9.17, 15) is 19.5 Å². The van der Waals surface area contributed by atoms with E-state index in [0.717, 1.165) is 46.0 Å². The van der Waals surface area contributed by atoms with E-state index in [1.807, 2.05) is 60.8 Å². The smallest absolute Gasteiger partial charge is 0.324 e. The summed E-state index contributed by atoms with van der Waals surface area (Å²) >= 11 is 0. The molecule has 1 aromatic heterocycles. The zero-order valence-electron chi connectivity index (χ0n) is 27.8. The quantitative estimate of drug-likeness (QED) is 0.106. The number of aromatic nitrogens is 1. The van der Waals surface area contributed by atoms with Crippen molar-refractivity contribution in [3.63, 3.8) is 0 Å². The van der Waals surface area contributed by atoms with Gasteiger partial charge < -0.3 is 15.4 Å². The van der Waals surface area contributed by atoms with E-state index < -0.39 is 29.9 Å². The van der Waals surface area contributed by atoms with Gasteiger partial charge in [0.1, 0.15) is 0 Å². The van der Waals surface area contributed by atoms with Gasteiger partial charge in [-0.1, -0.05) is 110 Å². The number of para-hydroxylation sites is 1. The maximum absolute atomic E-state index is 13.8. The van der Waals surface area contributed by atoms with Crippen molar-refractivity contribution in [3.05, 3.63) is 132 Å². The van der Waals surface area contributed by atoms with Crippen LogP contribution < -0.4 is 5.32 Å². The van der Waals surface area contributed by atoms with Gasteiger partial charge in [-0.15, -0.1) is 0 Å². The van der Waals surface area contributed by atoms with Crippen LogP contribution in [0, 0.1) is 5.92 Å². The molecule has 1 heterocycles. The Morgan fingerprint density at radius 1 is 0.792 bits per heavy atom. The van der Waals surface area contributed by atoms with Crippen molar-refractivity contribution in [2.45, 2.75) is 64.8 Å². The number of aryl methyl sites for hydroxylation is 2. The summed E-state index contributed by atoms with van der Waals surface area (Å²) in [5.74, 6) is -2.32. The predicted octanol–water partition coefficient (Wildman–Crippen LogP) is 8.74. The highest BCUT2D eigenvalue weighted by Gasteiger charge is 2.31. The Bertz CT molecular complexity index is 1800. The fraction of sp³-hybridized carbons (Fsp3) is 0.293. The van der Waals surface area contributed by atoms with E-state index in [1.54, 1.807) is 6.92 Å². The second-order valence-corrected chi connectivity index (χ2v) is 12.4. The van der Waals surface area contributed by atoms with Crippen molar-refractivity contribution in [1.29, 1.82) is 0 Å². The molecule has 0 radical (unpaired) electrons. The van der Waals surface area contributed by atoms with Crippen LogP contribution >= 0.6 is 0 Å². The fourth-order valence-corrected chi connectivity index (χ4v) is 6.40. The number of carbonyl (C=O) groups excluding carboxylic acids is 2. The summed E-state index contributed by atoms with van der Waals surface area (Å²) in [4.78, 5) is 43.8. The first kappa shape index (κ1) is 34.2. The summed E-state index contributed by atoms with van der Waals surface area (Å²) in [6.07, 6.45) is 6.05. The van der Waals surface area contributed by atoms with Crippen LogP contribution in [0.5, 0.6) is 0 Å². The number of imide groups is 1. The number of nitrogens with one attached hydrogen (secondary N) is 2. The van der Waals surface area contributed by atoms with Crippen LogP contribution in [0.2, 0.25) is 0 Å². The Kier molecular flexibility index (Phi) is 11.8. The summed E-state index contributed by atoms with van der Waals surface area (Å²) in [6.45, 7) is 4.06. The molecule has 7 heteroatoms. The number of nitrogens with zero attached hydrogens (tertiary/aromatic N) is 1. The molecule has 2 unspecified atom stereocenters. The Labute approximate surface area is 283 Å². The van der Waals surface area contributed by atoms with Gasteiger partial charge >= 0.3 is 12.0 Å². The number of urea groups is 1. The van der Waals surface area contributed by atoms with Gasteiger partial charge in [0.05, 0.1) is 12.5 Å². The molecular weight excluding hydrogens is 598 g/mol. The minimum atomic E-state index is -1.05. The molecule has 0 fully saturated rings. The molecule has 248 valence electrons. The van der Waals surface area contributed by atoms with E-state index in [2.05, 4.69) is 65.8 Å². The highest BCUT2D eigenvalue weighted by atomic mass is 16.4. The Hall–Kier alpha value is -5.17. The van der Waals surface area contributed by atoms with Crippen molar-refractivity contribution in [3.8, 4) is 11.1 Å². The molecule has 0 spiro atoms. The topological polar surface area (TPSA) is 102 Å². The van der Waals surface area contributed by atoms with Crippen LogP contribution in [0.25, 0.3) is 22.0 Å². The Morgan fingerprint density at radius 3 is 2.04 bits per heavy atom. The molecular formula is C41H45N3O4. The maximum Gasteiger partial charge on any atom is 0.324 e. The minimum Gasteiger partial charge on any atom is -0.481 e. The standard InChI is InChI=1S/C41H45N3O4/c1-3-11-29-18-22-31(23-19-29)32-24-20-30(21-25-32)12-10-15-34(27-39(45)46)40(47)44(4-2)41(48)43-38(33-13-6-5-7-14-33)26-35-28-42-37-17-9-8-16-36(35)37/h5-9,13-14,16-25,28,34,38,42H,3-4,10-12,15,26-27H2,1-2H3,(H,43,48)(H,45,46). The van der Waals surface area contributed by atoms with Crippen LogP contribution in [0.4, 0.5) is 4.79 Å². The third-order valence-corrected chi connectivity index (χ3v) is 8.99. The molecule has 0 bridgehead atoms.